The molecule has 1 atom stereocenters. The van der Waals surface area contributed by atoms with E-state index >= 15 is 0 Å². The predicted octanol–water partition coefficient (Wildman–Crippen LogP) is 2.42. The molecular weight excluding hydrogens is 274 g/mol. The van der Waals surface area contributed by atoms with Gasteiger partial charge in [0.15, 0.2) is 0 Å². The molecular formula is C18H27N3O. The highest BCUT2D eigenvalue weighted by Crippen LogP contribution is 2.27. The number of amides is 1. The number of aryl methyl sites for hydroxylation is 1. The van der Waals surface area contributed by atoms with Crippen LogP contribution in [0.4, 0.5) is 5.69 Å². The van der Waals surface area contributed by atoms with E-state index in [2.05, 4.69) is 35.3 Å². The Balaban J connectivity index is 1.85. The number of likely N-dealkylation sites (tertiary alicyclic amines) is 1. The van der Waals surface area contributed by atoms with Crippen molar-refractivity contribution in [3.8, 4) is 0 Å². The van der Waals surface area contributed by atoms with Gasteiger partial charge in [-0.25, -0.2) is 0 Å². The van der Waals surface area contributed by atoms with Gasteiger partial charge in [0, 0.05) is 37.9 Å². The maximum atomic E-state index is 13.1. The Labute approximate surface area is 133 Å². The van der Waals surface area contributed by atoms with Gasteiger partial charge in [-0.1, -0.05) is 11.6 Å². The van der Waals surface area contributed by atoms with E-state index in [0.29, 0.717) is 6.04 Å². The molecule has 0 aromatic heterocycles. The standard InChI is InChI=1S/C18H27N3O/c1-14-7-8-17(20-9-3-4-10-20)16(12-14)18(22)21-11-5-6-15(13-21)19-2/h7-8,12,15,19H,3-6,9-11,13H2,1-2H3. The highest BCUT2D eigenvalue weighted by Gasteiger charge is 2.27. The van der Waals surface area contributed by atoms with Gasteiger partial charge in [0.25, 0.3) is 5.91 Å². The second-order valence-electron chi connectivity index (χ2n) is 6.59. The number of piperidine rings is 1. The minimum atomic E-state index is 0.200. The molecule has 2 saturated heterocycles. The van der Waals surface area contributed by atoms with Crippen molar-refractivity contribution in [2.75, 3.05) is 38.1 Å². The molecule has 0 aliphatic carbocycles. The molecule has 2 aliphatic rings. The molecule has 22 heavy (non-hydrogen) atoms. The number of rotatable bonds is 3. The van der Waals surface area contributed by atoms with Crippen LogP contribution in [0.3, 0.4) is 0 Å². The highest BCUT2D eigenvalue weighted by molar-refractivity contribution is 6.00. The van der Waals surface area contributed by atoms with Crippen LogP contribution in [0.5, 0.6) is 0 Å². The summed E-state index contributed by atoms with van der Waals surface area (Å²) in [7, 11) is 1.99. The van der Waals surface area contributed by atoms with Crippen LogP contribution in [-0.4, -0.2) is 50.1 Å². The first-order valence-electron chi connectivity index (χ1n) is 8.51. The number of carbonyl (C=O) groups excluding carboxylic acids is 1. The summed E-state index contributed by atoms with van der Waals surface area (Å²) in [4.78, 5) is 17.5. The van der Waals surface area contributed by atoms with Crippen molar-refractivity contribution in [1.82, 2.24) is 10.2 Å². The molecule has 4 heteroatoms. The third-order valence-electron chi connectivity index (χ3n) is 4.95. The first-order chi connectivity index (χ1) is 10.7. The molecule has 1 aromatic rings. The third-order valence-corrected chi connectivity index (χ3v) is 4.95. The first kappa shape index (κ1) is 15.3. The molecule has 0 bridgehead atoms. The number of nitrogens with zero attached hydrogens (tertiary/aromatic N) is 2. The van der Waals surface area contributed by atoms with E-state index in [4.69, 9.17) is 0 Å². The van der Waals surface area contributed by atoms with Crippen molar-refractivity contribution in [2.24, 2.45) is 0 Å². The van der Waals surface area contributed by atoms with Crippen LogP contribution in [0.2, 0.25) is 0 Å². The predicted molar refractivity (Wildman–Crippen MR) is 90.6 cm³/mol. The van der Waals surface area contributed by atoms with Crippen molar-refractivity contribution >= 4 is 11.6 Å². The van der Waals surface area contributed by atoms with E-state index in [0.717, 1.165) is 55.8 Å². The summed E-state index contributed by atoms with van der Waals surface area (Å²) < 4.78 is 0. The second kappa shape index (κ2) is 6.69. The Kier molecular flexibility index (Phi) is 4.67. The summed E-state index contributed by atoms with van der Waals surface area (Å²) in [5, 5.41) is 3.32. The number of nitrogens with one attached hydrogen (secondary N) is 1. The van der Waals surface area contributed by atoms with Gasteiger partial charge < -0.3 is 15.1 Å². The van der Waals surface area contributed by atoms with Crippen molar-refractivity contribution in [1.29, 1.82) is 0 Å². The molecule has 1 N–H and O–H groups in total. The lowest BCUT2D eigenvalue weighted by molar-refractivity contribution is 0.0698. The van der Waals surface area contributed by atoms with Crippen LogP contribution in [0.1, 0.15) is 41.6 Å². The molecule has 2 fully saturated rings. The molecule has 4 nitrogen and oxygen atoms in total. The Bertz CT molecular complexity index is 537. The van der Waals surface area contributed by atoms with Gasteiger partial charge in [0.05, 0.1) is 5.56 Å². The van der Waals surface area contributed by atoms with Gasteiger partial charge in [-0.3, -0.25) is 4.79 Å². The molecule has 0 radical (unpaired) electrons. The summed E-state index contributed by atoms with van der Waals surface area (Å²) in [5.74, 6) is 0.200. The van der Waals surface area contributed by atoms with Gasteiger partial charge in [-0.2, -0.15) is 0 Å². The second-order valence-corrected chi connectivity index (χ2v) is 6.59. The van der Waals surface area contributed by atoms with Gasteiger partial charge in [0.2, 0.25) is 0 Å². The van der Waals surface area contributed by atoms with Crippen LogP contribution in [0, 0.1) is 6.92 Å². The molecule has 0 spiro atoms. The average molecular weight is 301 g/mol. The minimum absolute atomic E-state index is 0.200. The number of anilines is 1. The monoisotopic (exact) mass is 301 g/mol. The lowest BCUT2D eigenvalue weighted by Gasteiger charge is -2.33. The van der Waals surface area contributed by atoms with Gasteiger partial charge in [-0.05, 0) is 51.8 Å². The zero-order valence-corrected chi connectivity index (χ0v) is 13.8. The van der Waals surface area contributed by atoms with Crippen LogP contribution >= 0.6 is 0 Å². The number of likely N-dealkylation sites (N-methyl/N-ethyl adjacent to an activating group) is 1. The van der Waals surface area contributed by atoms with Gasteiger partial charge >= 0.3 is 0 Å². The molecule has 120 valence electrons. The quantitative estimate of drug-likeness (QED) is 0.931. The third kappa shape index (κ3) is 3.12. The van der Waals surface area contributed by atoms with Gasteiger partial charge in [-0.15, -0.1) is 0 Å². The van der Waals surface area contributed by atoms with Crippen LogP contribution in [0.25, 0.3) is 0 Å². The molecule has 1 amide bonds. The van der Waals surface area contributed by atoms with E-state index in [9.17, 15) is 4.79 Å². The maximum absolute atomic E-state index is 13.1. The average Bonchev–Trinajstić information content (AvgIpc) is 3.08. The van der Waals surface area contributed by atoms with Crippen molar-refractivity contribution in [3.63, 3.8) is 0 Å². The van der Waals surface area contributed by atoms with Crippen molar-refractivity contribution < 1.29 is 4.79 Å². The van der Waals surface area contributed by atoms with E-state index in [1.807, 2.05) is 11.9 Å². The number of benzene rings is 1. The lowest BCUT2D eigenvalue weighted by atomic mass is 10.0. The zero-order chi connectivity index (χ0) is 15.5. The molecule has 2 heterocycles. The Morgan fingerprint density at radius 2 is 1.95 bits per heavy atom. The summed E-state index contributed by atoms with van der Waals surface area (Å²) in [5.41, 5.74) is 3.17. The lowest BCUT2D eigenvalue weighted by Crippen LogP contribution is -2.47. The fourth-order valence-corrected chi connectivity index (χ4v) is 3.62. The largest absolute Gasteiger partial charge is 0.371 e. The van der Waals surface area contributed by atoms with E-state index < -0.39 is 0 Å². The Morgan fingerprint density at radius 1 is 1.18 bits per heavy atom. The topological polar surface area (TPSA) is 35.6 Å². The van der Waals surface area contributed by atoms with E-state index in [1.54, 1.807) is 0 Å². The molecule has 3 rings (SSSR count). The number of carbonyl (C=O) groups is 1. The minimum Gasteiger partial charge on any atom is -0.371 e. The Hall–Kier alpha value is -1.55. The summed E-state index contributed by atoms with van der Waals surface area (Å²) >= 11 is 0. The van der Waals surface area contributed by atoms with Crippen molar-refractivity contribution in [3.05, 3.63) is 29.3 Å². The van der Waals surface area contributed by atoms with Crippen molar-refractivity contribution in [2.45, 2.75) is 38.6 Å². The fraction of sp³-hybridized carbons (Fsp3) is 0.611. The van der Waals surface area contributed by atoms with Crippen LogP contribution < -0.4 is 10.2 Å². The zero-order valence-electron chi connectivity index (χ0n) is 13.8. The summed E-state index contributed by atoms with van der Waals surface area (Å²) in [6, 6.07) is 6.75. The smallest absolute Gasteiger partial charge is 0.256 e. The number of hydrogen-bond donors (Lipinski definition) is 1. The summed E-state index contributed by atoms with van der Waals surface area (Å²) in [6.45, 7) is 5.91. The highest BCUT2D eigenvalue weighted by atomic mass is 16.2. The first-order valence-corrected chi connectivity index (χ1v) is 8.51. The van der Waals surface area contributed by atoms with Gasteiger partial charge in [0.1, 0.15) is 0 Å². The molecule has 1 aromatic carbocycles. The summed E-state index contributed by atoms with van der Waals surface area (Å²) in [6.07, 6.45) is 4.70. The van der Waals surface area contributed by atoms with Crippen LogP contribution in [0.15, 0.2) is 18.2 Å². The molecule has 0 saturated carbocycles. The SMILES string of the molecule is CNC1CCCN(C(=O)c2cc(C)ccc2N2CCCC2)C1. The van der Waals surface area contributed by atoms with E-state index in [-0.39, 0.29) is 5.91 Å². The number of hydrogen-bond acceptors (Lipinski definition) is 3. The van der Waals surface area contributed by atoms with E-state index in [1.165, 1.54) is 12.8 Å². The molecule has 2 aliphatic heterocycles. The van der Waals surface area contributed by atoms with Crippen LogP contribution in [-0.2, 0) is 0 Å². The fourth-order valence-electron chi connectivity index (χ4n) is 3.62. The normalized spacial score (nSPS) is 22.2. The molecule has 1 unspecified atom stereocenters. The Morgan fingerprint density at radius 3 is 2.68 bits per heavy atom. The maximum Gasteiger partial charge on any atom is 0.256 e.